The zero-order valence-electron chi connectivity index (χ0n) is 15.5. The van der Waals surface area contributed by atoms with Gasteiger partial charge in [0.05, 0.1) is 14.9 Å². The van der Waals surface area contributed by atoms with Crippen LogP contribution in [0.2, 0.25) is 4.34 Å². The molecule has 3 heterocycles. The van der Waals surface area contributed by atoms with Crippen LogP contribution in [0.4, 0.5) is 0 Å². The van der Waals surface area contributed by atoms with Crippen molar-refractivity contribution in [2.45, 2.75) is 32.9 Å². The van der Waals surface area contributed by atoms with Gasteiger partial charge >= 0.3 is 0 Å². The molecule has 0 aromatic carbocycles. The van der Waals surface area contributed by atoms with E-state index < -0.39 is 0 Å². The Morgan fingerprint density at radius 3 is 2.54 bits per heavy atom. The molecule has 2 aromatic heterocycles. The number of carbonyl (C=O) groups excluding carboxylic acids is 1. The maximum Gasteiger partial charge on any atom is 0.275 e. The minimum absolute atomic E-state index is 0.148. The first-order valence-corrected chi connectivity index (χ1v) is 11.0. The predicted molar refractivity (Wildman–Crippen MR) is 108 cm³/mol. The second kappa shape index (κ2) is 8.35. The summed E-state index contributed by atoms with van der Waals surface area (Å²) in [5, 5.41) is 6.35. The molecule has 2 aromatic rings. The monoisotopic (exact) mass is 414 g/mol. The van der Waals surface area contributed by atoms with Crippen LogP contribution in [-0.4, -0.2) is 49.2 Å². The molecule has 1 aliphatic rings. The Hall–Kier alpha value is -0.990. The lowest BCUT2D eigenvalue weighted by molar-refractivity contribution is -1.02. The number of halogens is 1. The average Bonchev–Trinajstić information content (AvgIpc) is 3.16. The molecular formula is C18H27ClN4OS2+2. The Labute approximate surface area is 168 Å². The molecule has 0 saturated carbocycles. The standard InChI is InChI=1S/C18H25ClN4OS2/c1-18(2,3)21-16(24)10-22-6-8-23(9-7-22)11-17-20-13(12-25-17)14-4-5-15(19)26-14/h4-5,12H,6-11H2,1-3H3,(H,21,24)/p+2. The molecule has 5 nitrogen and oxygen atoms in total. The fourth-order valence-electron chi connectivity index (χ4n) is 3.17. The third kappa shape index (κ3) is 5.76. The molecular weight excluding hydrogens is 388 g/mol. The van der Waals surface area contributed by atoms with Crippen LogP contribution in [0.5, 0.6) is 0 Å². The van der Waals surface area contributed by atoms with Crippen molar-refractivity contribution in [3.8, 4) is 10.6 Å². The number of hydrogen-bond donors (Lipinski definition) is 3. The summed E-state index contributed by atoms with van der Waals surface area (Å²) in [5.41, 5.74) is 0.878. The average molecular weight is 415 g/mol. The van der Waals surface area contributed by atoms with Crippen molar-refractivity contribution in [2.75, 3.05) is 32.7 Å². The molecule has 0 unspecified atom stereocenters. The number of carbonyl (C=O) groups is 1. The summed E-state index contributed by atoms with van der Waals surface area (Å²) in [4.78, 5) is 20.9. The molecule has 8 heteroatoms. The van der Waals surface area contributed by atoms with Crippen LogP contribution in [-0.2, 0) is 11.3 Å². The van der Waals surface area contributed by atoms with Crippen molar-refractivity contribution in [3.63, 3.8) is 0 Å². The van der Waals surface area contributed by atoms with Gasteiger partial charge in [0.2, 0.25) is 0 Å². The molecule has 1 amide bonds. The van der Waals surface area contributed by atoms with E-state index in [0.717, 1.165) is 47.6 Å². The zero-order valence-corrected chi connectivity index (χ0v) is 17.9. The summed E-state index contributed by atoms with van der Waals surface area (Å²) >= 11 is 9.31. The molecule has 0 bridgehead atoms. The summed E-state index contributed by atoms with van der Waals surface area (Å²) in [5.74, 6) is 0.148. The highest BCUT2D eigenvalue weighted by atomic mass is 35.5. The highest BCUT2D eigenvalue weighted by Gasteiger charge is 2.26. The van der Waals surface area contributed by atoms with E-state index in [0.29, 0.717) is 6.54 Å². The number of nitrogens with one attached hydrogen (secondary N) is 3. The number of rotatable bonds is 5. The number of amides is 1. The number of thiazole rings is 1. The van der Waals surface area contributed by atoms with Gasteiger partial charge in [-0.2, -0.15) is 0 Å². The van der Waals surface area contributed by atoms with Crippen molar-refractivity contribution in [1.82, 2.24) is 10.3 Å². The van der Waals surface area contributed by atoms with Crippen LogP contribution >= 0.6 is 34.3 Å². The zero-order chi connectivity index (χ0) is 18.7. The second-order valence-corrected chi connectivity index (χ2v) is 10.5. The van der Waals surface area contributed by atoms with Crippen LogP contribution < -0.4 is 15.1 Å². The minimum atomic E-state index is -0.154. The molecule has 0 spiro atoms. The lowest BCUT2D eigenvalue weighted by atomic mass is 10.1. The van der Waals surface area contributed by atoms with Crippen LogP contribution in [0.25, 0.3) is 10.6 Å². The Morgan fingerprint density at radius 2 is 1.92 bits per heavy atom. The maximum atomic E-state index is 12.1. The minimum Gasteiger partial charge on any atom is -0.347 e. The summed E-state index contributed by atoms with van der Waals surface area (Å²) in [6.07, 6.45) is 0. The van der Waals surface area contributed by atoms with Gasteiger partial charge in [-0.25, -0.2) is 4.98 Å². The van der Waals surface area contributed by atoms with Crippen molar-refractivity contribution < 1.29 is 14.6 Å². The van der Waals surface area contributed by atoms with Gasteiger partial charge in [0, 0.05) is 10.9 Å². The Bertz CT molecular complexity index is 744. The van der Waals surface area contributed by atoms with E-state index in [4.69, 9.17) is 16.6 Å². The molecule has 0 aliphatic carbocycles. The third-order valence-corrected chi connectivity index (χ3v) is 6.47. The van der Waals surface area contributed by atoms with E-state index in [1.165, 1.54) is 9.91 Å². The Balaban J connectivity index is 1.46. The van der Waals surface area contributed by atoms with Gasteiger partial charge < -0.3 is 15.1 Å². The van der Waals surface area contributed by atoms with Gasteiger partial charge in [-0.05, 0) is 32.9 Å². The summed E-state index contributed by atoms with van der Waals surface area (Å²) in [7, 11) is 0. The molecule has 0 radical (unpaired) electrons. The molecule has 0 atom stereocenters. The number of hydrogen-bond acceptors (Lipinski definition) is 4. The number of thiophene rings is 1. The van der Waals surface area contributed by atoms with E-state index in [1.807, 2.05) is 32.9 Å². The summed E-state index contributed by atoms with van der Waals surface area (Å²) < 4.78 is 0.801. The topological polar surface area (TPSA) is 50.9 Å². The van der Waals surface area contributed by atoms with Gasteiger partial charge in [-0.1, -0.05) is 11.6 Å². The highest BCUT2D eigenvalue weighted by Crippen LogP contribution is 2.31. The maximum absolute atomic E-state index is 12.1. The largest absolute Gasteiger partial charge is 0.347 e. The first-order valence-electron chi connectivity index (χ1n) is 8.97. The van der Waals surface area contributed by atoms with Gasteiger partial charge in [0.1, 0.15) is 37.7 Å². The van der Waals surface area contributed by atoms with Crippen molar-refractivity contribution in [3.05, 3.63) is 26.9 Å². The van der Waals surface area contributed by atoms with E-state index in [-0.39, 0.29) is 11.4 Å². The van der Waals surface area contributed by atoms with Crippen LogP contribution in [0.3, 0.4) is 0 Å². The smallest absolute Gasteiger partial charge is 0.275 e. The molecule has 1 aliphatic heterocycles. The Kier molecular flexibility index (Phi) is 6.35. The van der Waals surface area contributed by atoms with Crippen LogP contribution in [0.1, 0.15) is 25.8 Å². The third-order valence-electron chi connectivity index (χ3n) is 4.37. The van der Waals surface area contributed by atoms with E-state index in [9.17, 15) is 4.79 Å². The van der Waals surface area contributed by atoms with Crippen LogP contribution in [0, 0.1) is 0 Å². The molecule has 142 valence electrons. The van der Waals surface area contributed by atoms with E-state index in [1.54, 1.807) is 27.6 Å². The number of aromatic nitrogens is 1. The Morgan fingerprint density at radius 1 is 1.23 bits per heavy atom. The summed E-state index contributed by atoms with van der Waals surface area (Å²) in [6.45, 7) is 11.8. The molecule has 3 rings (SSSR count). The van der Waals surface area contributed by atoms with Gasteiger partial charge in [0.25, 0.3) is 5.91 Å². The quantitative estimate of drug-likeness (QED) is 0.675. The second-order valence-electron chi connectivity index (χ2n) is 7.88. The first kappa shape index (κ1) is 19.8. The van der Waals surface area contributed by atoms with E-state index >= 15 is 0 Å². The van der Waals surface area contributed by atoms with Crippen LogP contribution in [0.15, 0.2) is 17.5 Å². The lowest BCUT2D eigenvalue weighted by Gasteiger charge is -2.29. The predicted octanol–water partition coefficient (Wildman–Crippen LogP) is 0.723. The molecule has 3 N–H and O–H groups in total. The van der Waals surface area contributed by atoms with Gasteiger partial charge in [0.15, 0.2) is 6.54 Å². The van der Waals surface area contributed by atoms with Gasteiger partial charge in [-0.15, -0.1) is 22.7 Å². The molecule has 26 heavy (non-hydrogen) atoms. The highest BCUT2D eigenvalue weighted by molar-refractivity contribution is 7.19. The summed E-state index contributed by atoms with van der Waals surface area (Å²) in [6, 6.07) is 3.95. The lowest BCUT2D eigenvalue weighted by Crippen LogP contribution is -3.28. The normalized spacial score (nSPS) is 20.9. The van der Waals surface area contributed by atoms with Crippen molar-refractivity contribution in [1.29, 1.82) is 0 Å². The fourth-order valence-corrected chi connectivity index (χ4v) is 5.12. The first-order chi connectivity index (χ1) is 12.3. The number of nitrogens with zero attached hydrogens (tertiary/aromatic N) is 1. The fraction of sp³-hybridized carbons (Fsp3) is 0.556. The SMILES string of the molecule is CC(C)(C)NC(=O)C[NH+]1CC[NH+](Cc2nc(-c3ccc(Cl)s3)cs2)CC1. The van der Waals surface area contributed by atoms with Gasteiger partial charge in [-0.3, -0.25) is 4.79 Å². The van der Waals surface area contributed by atoms with Crippen molar-refractivity contribution in [2.24, 2.45) is 0 Å². The molecule has 1 fully saturated rings. The molecule has 1 saturated heterocycles. The number of quaternary nitrogens is 2. The van der Waals surface area contributed by atoms with E-state index in [2.05, 4.69) is 10.7 Å². The number of piperazine rings is 1. The van der Waals surface area contributed by atoms with Crippen molar-refractivity contribution >= 4 is 40.2 Å².